The molecule has 0 saturated heterocycles. The first-order valence-corrected chi connectivity index (χ1v) is 3.71. The largest absolute Gasteiger partial charge is 0.328 e. The minimum atomic E-state index is -4.20. The van der Waals surface area contributed by atoms with E-state index in [1.807, 2.05) is 0 Å². The van der Waals surface area contributed by atoms with E-state index in [4.69, 9.17) is 16.0 Å². The van der Waals surface area contributed by atoms with Crippen LogP contribution in [0.25, 0.3) is 0 Å². The van der Waals surface area contributed by atoms with Crippen LogP contribution in [0.2, 0.25) is 0 Å². The molecule has 0 spiro atoms. The Morgan fingerprint density at radius 3 is 2.00 bits per heavy atom. The molecule has 0 radical (unpaired) electrons. The summed E-state index contributed by atoms with van der Waals surface area (Å²) in [4.78, 5) is -1.72. The molecule has 0 aromatic carbocycles. The van der Waals surface area contributed by atoms with Gasteiger partial charge in [0, 0.05) is 6.54 Å². The van der Waals surface area contributed by atoms with Gasteiger partial charge in [-0.1, -0.05) is 0 Å². The fourth-order valence-corrected chi connectivity index (χ4v) is 0.316. The Morgan fingerprint density at radius 2 is 2.00 bits per heavy atom. The van der Waals surface area contributed by atoms with E-state index in [0.29, 0.717) is 0 Å². The molecule has 0 saturated carbocycles. The summed E-state index contributed by atoms with van der Waals surface area (Å²) in [5.74, 6) is 0. The Bertz CT molecular complexity index is 183. The molecule has 1 unspecified atom stereocenters. The minimum absolute atomic E-state index is 0.300. The summed E-state index contributed by atoms with van der Waals surface area (Å²) in [6, 6.07) is 0. The van der Waals surface area contributed by atoms with E-state index in [9.17, 15) is 8.42 Å². The second-order valence-corrected chi connectivity index (χ2v) is 3.87. The van der Waals surface area contributed by atoms with Crippen molar-refractivity contribution in [2.24, 2.45) is 11.5 Å². The highest BCUT2D eigenvalue weighted by Crippen LogP contribution is 2.03. The zero-order valence-corrected chi connectivity index (χ0v) is 5.85. The maximum absolute atomic E-state index is 10.2. The van der Waals surface area contributed by atoms with E-state index < -0.39 is 15.0 Å². The molecule has 0 bridgehead atoms. The quantitative estimate of drug-likeness (QED) is 0.420. The Kier molecular flexibility index (Phi) is 2.18. The summed E-state index contributed by atoms with van der Waals surface area (Å²) in [6.45, 7) is 0.841. The molecule has 0 amide bonds. The van der Waals surface area contributed by atoms with Crippen LogP contribution in [0.3, 0.4) is 0 Å². The molecule has 6 heteroatoms. The van der Waals surface area contributed by atoms with Crippen LogP contribution in [-0.2, 0) is 10.1 Å². The van der Waals surface area contributed by atoms with E-state index in [1.165, 1.54) is 0 Å². The molecule has 0 heterocycles. The highest BCUT2D eigenvalue weighted by atomic mass is 32.2. The summed E-state index contributed by atoms with van der Waals surface area (Å²) in [5, 5.41) is 0. The van der Waals surface area contributed by atoms with Crippen molar-refractivity contribution >= 4 is 10.1 Å². The predicted molar refractivity (Wildman–Crippen MR) is 33.2 cm³/mol. The SMILES string of the molecule is CC(N)(CN)S(=O)(=O)O. The Labute approximate surface area is 53.8 Å². The molecule has 0 aliphatic carbocycles. The van der Waals surface area contributed by atoms with Crippen LogP contribution in [0.15, 0.2) is 0 Å². The third kappa shape index (κ3) is 1.90. The highest BCUT2D eigenvalue weighted by molar-refractivity contribution is 7.87. The van der Waals surface area contributed by atoms with Crippen LogP contribution < -0.4 is 11.5 Å². The van der Waals surface area contributed by atoms with Crippen LogP contribution in [0.5, 0.6) is 0 Å². The molecule has 1 atom stereocenters. The van der Waals surface area contributed by atoms with Gasteiger partial charge >= 0.3 is 0 Å². The topological polar surface area (TPSA) is 106 Å². The molecule has 0 aromatic rings. The lowest BCUT2D eigenvalue weighted by atomic mass is 10.4. The number of nitrogens with two attached hydrogens (primary N) is 2. The molecule has 0 aliphatic rings. The molecule has 5 nitrogen and oxygen atoms in total. The lowest BCUT2D eigenvalue weighted by Crippen LogP contribution is -2.50. The standard InChI is InChI=1S/C3H10N2O3S/c1-3(5,2-4)9(6,7)8/h2,4-5H2,1H3,(H,6,7,8). The average Bonchev–Trinajstić information content (AvgIpc) is 1.64. The number of hydrogen-bond donors (Lipinski definition) is 3. The molecule has 56 valence electrons. The maximum Gasteiger partial charge on any atom is 0.284 e. The van der Waals surface area contributed by atoms with Gasteiger partial charge in [0.05, 0.1) is 0 Å². The van der Waals surface area contributed by atoms with Gasteiger partial charge in [0.15, 0.2) is 4.87 Å². The van der Waals surface area contributed by atoms with Crippen molar-refractivity contribution in [3.8, 4) is 0 Å². The van der Waals surface area contributed by atoms with Crippen molar-refractivity contribution in [2.45, 2.75) is 11.8 Å². The third-order valence-electron chi connectivity index (χ3n) is 0.995. The lowest BCUT2D eigenvalue weighted by molar-refractivity contribution is 0.437. The van der Waals surface area contributed by atoms with Crippen LogP contribution >= 0.6 is 0 Å². The van der Waals surface area contributed by atoms with Gasteiger partial charge in [-0.2, -0.15) is 8.42 Å². The van der Waals surface area contributed by atoms with Crippen molar-refractivity contribution in [1.82, 2.24) is 0 Å². The molecular formula is C3H10N2O3S. The van der Waals surface area contributed by atoms with Crippen molar-refractivity contribution in [1.29, 1.82) is 0 Å². The van der Waals surface area contributed by atoms with Crippen LogP contribution in [-0.4, -0.2) is 24.4 Å². The second-order valence-electron chi connectivity index (χ2n) is 1.99. The normalized spacial score (nSPS) is 19.1. The molecule has 0 fully saturated rings. The van der Waals surface area contributed by atoms with Crippen molar-refractivity contribution in [3.05, 3.63) is 0 Å². The van der Waals surface area contributed by atoms with Crippen LogP contribution in [0, 0.1) is 0 Å². The van der Waals surface area contributed by atoms with E-state index >= 15 is 0 Å². The first-order valence-electron chi connectivity index (χ1n) is 2.27. The minimum Gasteiger partial charge on any atom is -0.328 e. The summed E-state index contributed by atoms with van der Waals surface area (Å²) >= 11 is 0. The summed E-state index contributed by atoms with van der Waals surface area (Å²) in [5.41, 5.74) is 9.96. The molecule has 0 aliphatic heterocycles. The van der Waals surface area contributed by atoms with E-state index in [1.54, 1.807) is 0 Å². The fraction of sp³-hybridized carbons (Fsp3) is 1.00. The monoisotopic (exact) mass is 154 g/mol. The molecule has 5 N–H and O–H groups in total. The summed E-state index contributed by atoms with van der Waals surface area (Å²) in [6.07, 6.45) is 0. The average molecular weight is 154 g/mol. The van der Waals surface area contributed by atoms with Gasteiger partial charge < -0.3 is 11.5 Å². The third-order valence-corrected chi connectivity index (χ3v) is 2.34. The first-order chi connectivity index (χ1) is 3.81. The predicted octanol–water partition coefficient (Wildman–Crippen LogP) is -1.49. The van der Waals surface area contributed by atoms with Gasteiger partial charge in [-0.3, -0.25) is 4.55 Å². The number of rotatable bonds is 2. The van der Waals surface area contributed by atoms with E-state index in [0.717, 1.165) is 6.92 Å². The lowest BCUT2D eigenvalue weighted by Gasteiger charge is -2.17. The Balaban J connectivity index is 4.56. The van der Waals surface area contributed by atoms with Crippen molar-refractivity contribution in [3.63, 3.8) is 0 Å². The van der Waals surface area contributed by atoms with Gasteiger partial charge in [0.2, 0.25) is 0 Å². The maximum atomic E-state index is 10.2. The zero-order chi connectivity index (χ0) is 7.71. The van der Waals surface area contributed by atoms with Gasteiger partial charge in [-0.15, -0.1) is 0 Å². The van der Waals surface area contributed by atoms with E-state index in [-0.39, 0.29) is 6.54 Å². The Hall–Kier alpha value is -0.170. The molecule has 9 heavy (non-hydrogen) atoms. The second kappa shape index (κ2) is 2.22. The first kappa shape index (κ1) is 8.83. The van der Waals surface area contributed by atoms with Crippen molar-refractivity contribution < 1.29 is 13.0 Å². The van der Waals surface area contributed by atoms with Crippen molar-refractivity contribution in [2.75, 3.05) is 6.54 Å². The smallest absolute Gasteiger partial charge is 0.284 e. The zero-order valence-electron chi connectivity index (χ0n) is 5.03. The van der Waals surface area contributed by atoms with Gasteiger partial charge in [-0.25, -0.2) is 0 Å². The van der Waals surface area contributed by atoms with Gasteiger partial charge in [-0.05, 0) is 6.92 Å². The molecular weight excluding hydrogens is 144 g/mol. The van der Waals surface area contributed by atoms with Gasteiger partial charge in [0.25, 0.3) is 10.1 Å². The molecule has 0 rings (SSSR count). The summed E-state index contributed by atoms with van der Waals surface area (Å²) < 4.78 is 28.8. The van der Waals surface area contributed by atoms with Crippen LogP contribution in [0.1, 0.15) is 6.92 Å². The fourth-order valence-electron chi connectivity index (χ4n) is 0.105. The van der Waals surface area contributed by atoms with Gasteiger partial charge in [0.1, 0.15) is 0 Å². The van der Waals surface area contributed by atoms with E-state index in [2.05, 4.69) is 0 Å². The summed E-state index contributed by atoms with van der Waals surface area (Å²) in [7, 11) is -4.20. The van der Waals surface area contributed by atoms with Crippen LogP contribution in [0.4, 0.5) is 0 Å². The highest BCUT2D eigenvalue weighted by Gasteiger charge is 2.31. The molecule has 0 aromatic heterocycles. The Morgan fingerprint density at radius 1 is 1.67 bits per heavy atom. The number of hydrogen-bond acceptors (Lipinski definition) is 4.